The fraction of sp³-hybridized carbons (Fsp3) is 0.469. The smallest absolute Gasteiger partial charge is 0.304 e. The molecule has 9 heteroatoms. The number of benzene rings is 1. The molecule has 3 fully saturated rings. The van der Waals surface area contributed by atoms with Crippen LogP contribution in [0.1, 0.15) is 75.9 Å². The van der Waals surface area contributed by atoms with E-state index in [-0.39, 0.29) is 30.3 Å². The molecular weight excluding hydrogens is 536 g/mol. The van der Waals surface area contributed by atoms with Crippen LogP contribution < -0.4 is 4.90 Å². The highest BCUT2D eigenvalue weighted by Gasteiger charge is 2.40. The summed E-state index contributed by atoms with van der Waals surface area (Å²) in [5, 5.41) is 12.2. The van der Waals surface area contributed by atoms with Crippen molar-refractivity contribution in [1.82, 2.24) is 14.9 Å². The number of pyridine rings is 1. The lowest BCUT2D eigenvalue weighted by atomic mass is 9.90. The molecule has 41 heavy (non-hydrogen) atoms. The highest BCUT2D eigenvalue weighted by Crippen LogP contribution is 2.41. The molecule has 1 N–H and O–H groups in total. The maximum atomic E-state index is 13.9. The van der Waals surface area contributed by atoms with Crippen molar-refractivity contribution in [2.75, 3.05) is 11.9 Å². The third kappa shape index (κ3) is 5.91. The van der Waals surface area contributed by atoms with Gasteiger partial charge in [-0.05, 0) is 43.2 Å². The van der Waals surface area contributed by atoms with Crippen molar-refractivity contribution >= 4 is 34.3 Å². The number of amides is 2. The summed E-state index contributed by atoms with van der Waals surface area (Å²) in [7, 11) is 1.83. The van der Waals surface area contributed by atoms with Crippen LogP contribution in [0.4, 0.5) is 5.13 Å². The van der Waals surface area contributed by atoms with E-state index in [0.29, 0.717) is 23.9 Å². The number of thiazole rings is 1. The third-order valence-corrected chi connectivity index (χ3v) is 9.68. The van der Waals surface area contributed by atoms with E-state index < -0.39 is 11.9 Å². The number of likely N-dealkylation sites (tertiary alicyclic amines) is 1. The molecule has 0 radical (unpaired) electrons. The minimum Gasteiger partial charge on any atom is -0.481 e. The predicted molar refractivity (Wildman–Crippen MR) is 158 cm³/mol. The molecule has 8 nitrogen and oxygen atoms in total. The van der Waals surface area contributed by atoms with Gasteiger partial charge in [-0.3, -0.25) is 24.3 Å². The van der Waals surface area contributed by atoms with Gasteiger partial charge < -0.3 is 10.0 Å². The molecule has 0 bridgehead atoms. The minimum atomic E-state index is -0.920. The van der Waals surface area contributed by atoms with Crippen molar-refractivity contribution in [3.05, 3.63) is 53.7 Å². The normalized spacial score (nSPS) is 20.0. The Kier molecular flexibility index (Phi) is 7.88. The number of carbonyl (C=O) groups excluding carboxylic acids is 2. The maximum absolute atomic E-state index is 13.9. The van der Waals surface area contributed by atoms with Gasteiger partial charge in [0.15, 0.2) is 5.13 Å². The van der Waals surface area contributed by atoms with Gasteiger partial charge in [-0.2, -0.15) is 0 Å². The molecule has 0 spiro atoms. The molecule has 6 rings (SSSR count). The molecular formula is C32H36N4O4S. The molecule has 2 atom stereocenters. The number of aliphatic carboxylic acids is 1. The van der Waals surface area contributed by atoms with Crippen LogP contribution in [-0.4, -0.2) is 50.8 Å². The average molecular weight is 573 g/mol. The van der Waals surface area contributed by atoms with Crippen LogP contribution in [-0.2, 0) is 14.4 Å². The highest BCUT2D eigenvalue weighted by molar-refractivity contribution is 7.14. The van der Waals surface area contributed by atoms with Gasteiger partial charge in [0.1, 0.15) is 0 Å². The molecule has 3 aromatic rings. The molecule has 214 valence electrons. The van der Waals surface area contributed by atoms with E-state index in [1.807, 2.05) is 55.0 Å². The second-order valence-electron chi connectivity index (χ2n) is 11.7. The Hall–Kier alpha value is -3.59. The Balaban J connectivity index is 1.26. The Morgan fingerprint density at radius 2 is 1.83 bits per heavy atom. The summed E-state index contributed by atoms with van der Waals surface area (Å²) >= 11 is 1.45. The number of hydrogen-bond acceptors (Lipinski definition) is 6. The second-order valence-corrected chi connectivity index (χ2v) is 12.5. The van der Waals surface area contributed by atoms with Crippen molar-refractivity contribution in [2.45, 2.75) is 76.3 Å². The molecule has 1 unspecified atom stereocenters. The zero-order chi connectivity index (χ0) is 28.5. The molecule has 3 aliphatic rings. The number of aromatic nitrogens is 2. The zero-order valence-electron chi connectivity index (χ0n) is 23.4. The monoisotopic (exact) mass is 572 g/mol. The summed E-state index contributed by atoms with van der Waals surface area (Å²) in [5.41, 5.74) is 4.58. The number of carbonyl (C=O) groups is 3. The van der Waals surface area contributed by atoms with Crippen molar-refractivity contribution in [3.8, 4) is 22.4 Å². The van der Waals surface area contributed by atoms with Crippen LogP contribution in [0.2, 0.25) is 0 Å². The minimum absolute atomic E-state index is 0.0115. The number of rotatable bonds is 10. The van der Waals surface area contributed by atoms with Crippen LogP contribution in [0.25, 0.3) is 22.4 Å². The first-order chi connectivity index (χ1) is 19.9. The van der Waals surface area contributed by atoms with Gasteiger partial charge in [0.25, 0.3) is 0 Å². The van der Waals surface area contributed by atoms with Crippen LogP contribution >= 0.6 is 11.3 Å². The van der Waals surface area contributed by atoms with E-state index in [1.54, 1.807) is 9.80 Å². The van der Waals surface area contributed by atoms with E-state index in [0.717, 1.165) is 73.0 Å². The summed E-state index contributed by atoms with van der Waals surface area (Å²) in [6, 6.07) is 12.2. The maximum Gasteiger partial charge on any atom is 0.304 e. The molecule has 2 amide bonds. The van der Waals surface area contributed by atoms with E-state index >= 15 is 0 Å². The number of nitrogens with zero attached hydrogens (tertiary/aromatic N) is 4. The first-order valence-corrected chi connectivity index (χ1v) is 15.6. The summed E-state index contributed by atoms with van der Waals surface area (Å²) in [6.45, 7) is 0. The Morgan fingerprint density at radius 1 is 1.07 bits per heavy atom. The fourth-order valence-corrected chi connectivity index (χ4v) is 7.36. The van der Waals surface area contributed by atoms with Crippen molar-refractivity contribution < 1.29 is 19.5 Å². The van der Waals surface area contributed by atoms with Gasteiger partial charge in [-0.15, -0.1) is 11.3 Å². The lowest BCUT2D eigenvalue weighted by Gasteiger charge is -2.26. The van der Waals surface area contributed by atoms with Gasteiger partial charge in [0.2, 0.25) is 11.8 Å². The van der Waals surface area contributed by atoms with E-state index in [1.165, 1.54) is 11.3 Å². The Labute approximate surface area is 244 Å². The first-order valence-electron chi connectivity index (χ1n) is 14.7. The molecule has 2 aromatic heterocycles. The van der Waals surface area contributed by atoms with Crippen LogP contribution in [0.15, 0.2) is 48.0 Å². The highest BCUT2D eigenvalue weighted by atomic mass is 32.1. The standard InChI is InChI=1S/C32H36N4O4S/c1-35-28(14-15-29(35)37)26-13-10-21(18-33-26)24-8-4-5-9-25(24)27-19-41-32(34-27)36(23-11-12-23)31(40)22(17-30(38)39)16-20-6-2-3-7-20/h4-5,8-10,13,18-20,22-23,28H,2-3,6-7,11-12,14-17H2,1H3,(H,38,39)/t22-,28?/m1/s1. The lowest BCUT2D eigenvalue weighted by Crippen LogP contribution is -2.39. The summed E-state index contributed by atoms with van der Waals surface area (Å²) in [4.78, 5) is 50.8. The largest absolute Gasteiger partial charge is 0.481 e. The zero-order valence-corrected chi connectivity index (χ0v) is 24.2. The topological polar surface area (TPSA) is 104 Å². The quantitative estimate of drug-likeness (QED) is 0.304. The van der Waals surface area contributed by atoms with Crippen LogP contribution in [0.3, 0.4) is 0 Å². The number of carboxylic acids is 1. The number of hydrogen-bond donors (Lipinski definition) is 1. The second kappa shape index (κ2) is 11.7. The average Bonchev–Trinajstić information content (AvgIpc) is 3.31. The third-order valence-electron chi connectivity index (χ3n) is 8.84. The Morgan fingerprint density at radius 3 is 2.46 bits per heavy atom. The van der Waals surface area contributed by atoms with Gasteiger partial charge in [0.05, 0.1) is 23.9 Å². The van der Waals surface area contributed by atoms with E-state index in [4.69, 9.17) is 9.97 Å². The first kappa shape index (κ1) is 27.6. The van der Waals surface area contributed by atoms with E-state index in [9.17, 15) is 19.5 Å². The van der Waals surface area contributed by atoms with Crippen molar-refractivity contribution in [3.63, 3.8) is 0 Å². The van der Waals surface area contributed by atoms with E-state index in [2.05, 4.69) is 0 Å². The van der Waals surface area contributed by atoms with Crippen molar-refractivity contribution in [1.29, 1.82) is 0 Å². The molecule has 3 heterocycles. The molecule has 1 aliphatic heterocycles. The Bertz CT molecular complexity index is 1430. The molecule has 2 aliphatic carbocycles. The number of carboxylic acid groups (broad SMARTS) is 1. The van der Waals surface area contributed by atoms with Crippen LogP contribution in [0, 0.1) is 11.8 Å². The van der Waals surface area contributed by atoms with Crippen LogP contribution in [0.5, 0.6) is 0 Å². The van der Waals surface area contributed by atoms with Gasteiger partial charge in [0, 0.05) is 48.1 Å². The van der Waals surface area contributed by atoms with Crippen molar-refractivity contribution in [2.24, 2.45) is 11.8 Å². The molecule has 2 saturated carbocycles. The summed E-state index contributed by atoms with van der Waals surface area (Å²) in [5.74, 6) is -0.952. The summed E-state index contributed by atoms with van der Waals surface area (Å²) in [6.07, 6.45) is 10.0. The van der Waals surface area contributed by atoms with Gasteiger partial charge in [-0.1, -0.05) is 56.0 Å². The predicted octanol–water partition coefficient (Wildman–Crippen LogP) is 6.33. The molecule has 1 aromatic carbocycles. The van der Waals surface area contributed by atoms with Gasteiger partial charge in [-0.25, -0.2) is 4.98 Å². The van der Waals surface area contributed by atoms with Gasteiger partial charge >= 0.3 is 5.97 Å². The lowest BCUT2D eigenvalue weighted by molar-refractivity contribution is -0.141. The number of anilines is 1. The molecule has 1 saturated heterocycles. The fourth-order valence-electron chi connectivity index (χ4n) is 6.46. The SMILES string of the molecule is CN1C(=O)CCC1c1ccc(-c2ccccc2-c2csc(N(C(=O)[C@@H](CC(=O)O)CC3CCCC3)C3CC3)n2)cn1. The summed E-state index contributed by atoms with van der Waals surface area (Å²) < 4.78 is 0.